The average Bonchev–Trinajstić information content (AvgIpc) is 3.05. The molecule has 0 fully saturated rings. The van der Waals surface area contributed by atoms with Gasteiger partial charge >= 0.3 is 0 Å². The highest BCUT2D eigenvalue weighted by Gasteiger charge is 2.12. The lowest BCUT2D eigenvalue weighted by atomic mass is 10.2. The quantitative estimate of drug-likeness (QED) is 0.766. The maximum atomic E-state index is 10.7. The molecule has 7 nitrogen and oxygen atoms in total. The monoisotopic (exact) mass is 303 g/mol. The molecule has 0 saturated heterocycles. The molecule has 0 atom stereocenters. The smallest absolute Gasteiger partial charge is 0.255 e. The summed E-state index contributed by atoms with van der Waals surface area (Å²) in [5, 5.41) is 13.5. The summed E-state index contributed by atoms with van der Waals surface area (Å²) in [6.07, 6.45) is 0.770. The Morgan fingerprint density at radius 2 is 2.29 bits per heavy atom. The molecule has 1 amide bonds. The van der Waals surface area contributed by atoms with Gasteiger partial charge in [-0.15, -0.1) is 10.2 Å². The summed E-state index contributed by atoms with van der Waals surface area (Å²) < 4.78 is 7.04. The highest BCUT2D eigenvalue weighted by molar-refractivity contribution is 7.19. The lowest BCUT2D eigenvalue weighted by Crippen LogP contribution is -2.19. The van der Waals surface area contributed by atoms with E-state index in [1.54, 1.807) is 10.6 Å². The fourth-order valence-electron chi connectivity index (χ4n) is 1.87. The Kier molecular flexibility index (Phi) is 3.53. The van der Waals surface area contributed by atoms with Gasteiger partial charge in [-0.1, -0.05) is 30.4 Å². The number of nitrogens with two attached hydrogens (primary N) is 1. The van der Waals surface area contributed by atoms with Gasteiger partial charge in [-0.2, -0.15) is 9.61 Å². The number of benzene rings is 1. The highest BCUT2D eigenvalue weighted by atomic mass is 32.1. The molecule has 0 spiro atoms. The molecule has 0 unspecified atom stereocenters. The lowest BCUT2D eigenvalue weighted by molar-refractivity contribution is -0.119. The first-order chi connectivity index (χ1) is 10.2. The van der Waals surface area contributed by atoms with Crippen molar-refractivity contribution in [2.24, 2.45) is 5.73 Å². The largest absolute Gasteiger partial charge is 0.484 e. The van der Waals surface area contributed by atoms with E-state index >= 15 is 0 Å². The maximum absolute atomic E-state index is 10.7. The van der Waals surface area contributed by atoms with Crippen LogP contribution in [0.4, 0.5) is 0 Å². The molecule has 0 radical (unpaired) electrons. The van der Waals surface area contributed by atoms with Crippen LogP contribution in [0, 0.1) is 0 Å². The predicted molar refractivity (Wildman–Crippen MR) is 78.2 cm³/mol. The van der Waals surface area contributed by atoms with Crippen LogP contribution in [0.1, 0.15) is 12.7 Å². The molecule has 0 saturated carbocycles. The lowest BCUT2D eigenvalue weighted by Gasteiger charge is -2.04. The van der Waals surface area contributed by atoms with Crippen LogP contribution < -0.4 is 10.5 Å². The number of primary amides is 1. The summed E-state index contributed by atoms with van der Waals surface area (Å²) in [5.74, 6) is 0.897. The summed E-state index contributed by atoms with van der Waals surface area (Å²) in [7, 11) is 0. The maximum Gasteiger partial charge on any atom is 0.255 e. The van der Waals surface area contributed by atoms with Gasteiger partial charge in [0.15, 0.2) is 12.4 Å². The second-order valence-corrected chi connectivity index (χ2v) is 5.31. The zero-order chi connectivity index (χ0) is 14.8. The Morgan fingerprint density at radius 3 is 3.05 bits per heavy atom. The van der Waals surface area contributed by atoms with Gasteiger partial charge in [0, 0.05) is 12.0 Å². The third-order valence-electron chi connectivity index (χ3n) is 2.83. The van der Waals surface area contributed by atoms with Crippen molar-refractivity contribution in [2.75, 3.05) is 6.61 Å². The molecule has 0 aliphatic heterocycles. The van der Waals surface area contributed by atoms with Crippen molar-refractivity contribution in [1.29, 1.82) is 0 Å². The number of aryl methyl sites for hydroxylation is 1. The van der Waals surface area contributed by atoms with Crippen molar-refractivity contribution in [3.63, 3.8) is 0 Å². The van der Waals surface area contributed by atoms with Crippen LogP contribution in [0.15, 0.2) is 24.3 Å². The van der Waals surface area contributed by atoms with E-state index < -0.39 is 5.91 Å². The Hall–Kier alpha value is -2.48. The van der Waals surface area contributed by atoms with E-state index in [4.69, 9.17) is 10.5 Å². The number of carbonyl (C=O) groups is 1. The molecule has 1 aromatic carbocycles. The minimum absolute atomic E-state index is 0.144. The van der Waals surface area contributed by atoms with Gasteiger partial charge in [-0.3, -0.25) is 4.79 Å². The van der Waals surface area contributed by atoms with E-state index in [1.165, 1.54) is 11.3 Å². The van der Waals surface area contributed by atoms with Crippen LogP contribution in [0.25, 0.3) is 15.5 Å². The number of hydrogen-bond donors (Lipinski definition) is 1. The van der Waals surface area contributed by atoms with Gasteiger partial charge in [0.1, 0.15) is 10.8 Å². The van der Waals surface area contributed by atoms with Crippen molar-refractivity contribution < 1.29 is 9.53 Å². The van der Waals surface area contributed by atoms with Crippen molar-refractivity contribution >= 4 is 22.2 Å². The Balaban J connectivity index is 1.92. The van der Waals surface area contributed by atoms with Crippen molar-refractivity contribution in [1.82, 2.24) is 19.8 Å². The van der Waals surface area contributed by atoms with E-state index in [1.807, 2.05) is 25.1 Å². The summed E-state index contributed by atoms with van der Waals surface area (Å²) in [6.45, 7) is 1.86. The standard InChI is InChI=1S/C13H13N5O2S/c1-2-11-15-16-13-18(11)17-12(21-13)8-4-3-5-9(6-8)20-7-10(14)19/h3-6H,2,7H2,1H3,(H2,14,19). The molecular weight excluding hydrogens is 290 g/mol. The number of nitrogens with zero attached hydrogens (tertiary/aromatic N) is 4. The molecule has 2 aromatic heterocycles. The molecular formula is C13H13N5O2S. The minimum Gasteiger partial charge on any atom is -0.484 e. The molecule has 21 heavy (non-hydrogen) atoms. The molecule has 3 rings (SSSR count). The molecule has 108 valence electrons. The Labute approximate surface area is 124 Å². The Bertz CT molecular complexity index is 795. The van der Waals surface area contributed by atoms with E-state index in [0.29, 0.717) is 5.75 Å². The van der Waals surface area contributed by atoms with E-state index in [2.05, 4.69) is 15.3 Å². The van der Waals surface area contributed by atoms with Gasteiger partial charge in [0.05, 0.1) is 0 Å². The third kappa shape index (κ3) is 2.70. The highest BCUT2D eigenvalue weighted by Crippen LogP contribution is 2.28. The summed E-state index contributed by atoms with van der Waals surface area (Å²) in [5.41, 5.74) is 5.96. The third-order valence-corrected chi connectivity index (χ3v) is 3.78. The Morgan fingerprint density at radius 1 is 1.43 bits per heavy atom. The van der Waals surface area contributed by atoms with E-state index in [-0.39, 0.29) is 6.61 Å². The average molecular weight is 303 g/mol. The number of hydrogen-bond acceptors (Lipinski definition) is 6. The number of rotatable bonds is 5. The topological polar surface area (TPSA) is 95.4 Å². The fourth-order valence-corrected chi connectivity index (χ4v) is 2.72. The summed E-state index contributed by atoms with van der Waals surface area (Å²) >= 11 is 1.45. The molecule has 8 heteroatoms. The SMILES string of the molecule is CCc1nnc2sc(-c3cccc(OCC(N)=O)c3)nn12. The second kappa shape index (κ2) is 5.49. The summed E-state index contributed by atoms with van der Waals surface area (Å²) in [6, 6.07) is 7.35. The van der Waals surface area contributed by atoms with Crippen molar-refractivity contribution in [3.05, 3.63) is 30.1 Å². The number of ether oxygens (including phenoxy) is 1. The van der Waals surface area contributed by atoms with Crippen LogP contribution in [-0.4, -0.2) is 32.3 Å². The van der Waals surface area contributed by atoms with Crippen LogP contribution in [0.3, 0.4) is 0 Å². The van der Waals surface area contributed by atoms with Crippen LogP contribution >= 0.6 is 11.3 Å². The number of carbonyl (C=O) groups excluding carboxylic acids is 1. The zero-order valence-corrected chi connectivity index (χ0v) is 12.1. The van der Waals surface area contributed by atoms with Gasteiger partial charge in [-0.25, -0.2) is 0 Å². The molecule has 2 heterocycles. The zero-order valence-electron chi connectivity index (χ0n) is 11.3. The minimum atomic E-state index is -0.508. The van der Waals surface area contributed by atoms with Gasteiger partial charge in [-0.05, 0) is 12.1 Å². The molecule has 3 aromatic rings. The molecule has 0 bridgehead atoms. The fraction of sp³-hybridized carbons (Fsp3) is 0.231. The van der Waals surface area contributed by atoms with Crippen LogP contribution in [0.5, 0.6) is 5.75 Å². The first-order valence-electron chi connectivity index (χ1n) is 6.40. The number of fused-ring (bicyclic) bond motifs is 1. The normalized spacial score (nSPS) is 10.9. The molecule has 0 aliphatic carbocycles. The van der Waals surface area contributed by atoms with Gasteiger partial charge in [0.25, 0.3) is 5.91 Å². The van der Waals surface area contributed by atoms with Crippen molar-refractivity contribution in [3.8, 4) is 16.3 Å². The van der Waals surface area contributed by atoms with E-state index in [9.17, 15) is 4.79 Å². The van der Waals surface area contributed by atoms with E-state index in [0.717, 1.165) is 27.8 Å². The van der Waals surface area contributed by atoms with Crippen LogP contribution in [-0.2, 0) is 11.2 Å². The molecule has 2 N–H and O–H groups in total. The number of amides is 1. The van der Waals surface area contributed by atoms with Crippen molar-refractivity contribution in [2.45, 2.75) is 13.3 Å². The first-order valence-corrected chi connectivity index (χ1v) is 7.21. The predicted octanol–water partition coefficient (Wildman–Crippen LogP) is 1.28. The molecule has 0 aliphatic rings. The summed E-state index contributed by atoms with van der Waals surface area (Å²) in [4.78, 5) is 11.5. The van der Waals surface area contributed by atoms with Crippen LogP contribution in [0.2, 0.25) is 0 Å². The first kappa shape index (κ1) is 13.5. The van der Waals surface area contributed by atoms with Gasteiger partial charge in [0.2, 0.25) is 4.96 Å². The number of aromatic nitrogens is 4. The van der Waals surface area contributed by atoms with Gasteiger partial charge < -0.3 is 10.5 Å². The second-order valence-electron chi connectivity index (χ2n) is 4.35.